The molecule has 1 atom stereocenters. The van der Waals surface area contributed by atoms with Gasteiger partial charge in [0.1, 0.15) is 17.5 Å². The highest BCUT2D eigenvalue weighted by Gasteiger charge is 2.22. The van der Waals surface area contributed by atoms with E-state index in [2.05, 4.69) is 5.32 Å². The van der Waals surface area contributed by atoms with Gasteiger partial charge in [0.25, 0.3) is 5.91 Å². The molecule has 0 unspecified atom stereocenters. The average molecular weight is 343 g/mol. The molecule has 2 N–H and O–H groups in total. The molecule has 2 rings (SSSR count). The molecule has 0 bridgehead atoms. The number of carbonyl (C=O) groups excluding carboxylic acids is 1. The van der Waals surface area contributed by atoms with Crippen molar-refractivity contribution in [3.8, 4) is 11.5 Å². The van der Waals surface area contributed by atoms with Crippen LogP contribution in [0.3, 0.4) is 0 Å². The second-order valence-electron chi connectivity index (χ2n) is 5.56. The quantitative estimate of drug-likeness (QED) is 0.806. The minimum atomic E-state index is -1.09. The Morgan fingerprint density at radius 3 is 2.12 bits per heavy atom. The van der Waals surface area contributed by atoms with Gasteiger partial charge in [-0.05, 0) is 24.6 Å². The number of carboxylic acids is 1. The highest BCUT2D eigenvalue weighted by molar-refractivity contribution is 5.97. The van der Waals surface area contributed by atoms with Crippen molar-refractivity contribution in [3.05, 3.63) is 59.2 Å². The minimum absolute atomic E-state index is 0.196. The molecular weight excluding hydrogens is 322 g/mol. The monoisotopic (exact) mass is 343 g/mol. The maximum atomic E-state index is 12.5. The molecule has 25 heavy (non-hydrogen) atoms. The topological polar surface area (TPSA) is 84.9 Å². The SMILES string of the molecule is COc1cc(C(=O)N[C@H](Cc2ccccc2)C(=O)O)cc(OC)c1C. The number of amides is 1. The maximum Gasteiger partial charge on any atom is 0.326 e. The third kappa shape index (κ3) is 4.50. The number of ether oxygens (including phenoxy) is 2. The average Bonchev–Trinajstić information content (AvgIpc) is 2.62. The first-order valence-electron chi connectivity index (χ1n) is 7.76. The van der Waals surface area contributed by atoms with Crippen molar-refractivity contribution < 1.29 is 24.2 Å². The lowest BCUT2D eigenvalue weighted by Gasteiger charge is -2.16. The standard InChI is InChI=1S/C19H21NO5/c1-12-16(24-2)10-14(11-17(12)25-3)18(21)20-15(19(22)23)9-13-7-5-4-6-8-13/h4-8,10-11,15H,9H2,1-3H3,(H,20,21)(H,22,23)/t15-/m1/s1. The summed E-state index contributed by atoms with van der Waals surface area (Å²) < 4.78 is 10.5. The molecule has 6 heteroatoms. The van der Waals surface area contributed by atoms with Crippen LogP contribution in [0, 0.1) is 6.92 Å². The third-order valence-electron chi connectivity index (χ3n) is 3.90. The number of nitrogens with one attached hydrogen (secondary N) is 1. The fourth-order valence-corrected chi connectivity index (χ4v) is 2.51. The van der Waals surface area contributed by atoms with Gasteiger partial charge in [0, 0.05) is 17.5 Å². The summed E-state index contributed by atoms with van der Waals surface area (Å²) in [5, 5.41) is 12.0. The second kappa shape index (κ2) is 8.19. The van der Waals surface area contributed by atoms with Gasteiger partial charge in [0.2, 0.25) is 0 Å². The van der Waals surface area contributed by atoms with E-state index in [9.17, 15) is 14.7 Å². The molecule has 0 aliphatic carbocycles. The van der Waals surface area contributed by atoms with Crippen LogP contribution in [0.4, 0.5) is 0 Å². The number of carbonyl (C=O) groups is 2. The molecule has 0 heterocycles. The molecule has 132 valence electrons. The molecule has 0 aromatic heterocycles. The van der Waals surface area contributed by atoms with Gasteiger partial charge < -0.3 is 19.9 Å². The Labute approximate surface area is 146 Å². The zero-order valence-electron chi connectivity index (χ0n) is 14.4. The molecule has 0 saturated heterocycles. The lowest BCUT2D eigenvalue weighted by atomic mass is 10.0. The van der Waals surface area contributed by atoms with Crippen LogP contribution in [0.25, 0.3) is 0 Å². The summed E-state index contributed by atoms with van der Waals surface area (Å²) in [5.74, 6) is -0.595. The van der Waals surface area contributed by atoms with E-state index in [1.165, 1.54) is 14.2 Å². The highest BCUT2D eigenvalue weighted by Crippen LogP contribution is 2.29. The van der Waals surface area contributed by atoms with E-state index in [1.54, 1.807) is 12.1 Å². The number of rotatable bonds is 7. The zero-order chi connectivity index (χ0) is 18.4. The number of benzene rings is 2. The summed E-state index contributed by atoms with van der Waals surface area (Å²) in [6, 6.07) is 11.2. The zero-order valence-corrected chi connectivity index (χ0v) is 14.4. The summed E-state index contributed by atoms with van der Waals surface area (Å²) >= 11 is 0. The van der Waals surface area contributed by atoms with Crippen molar-refractivity contribution in [3.63, 3.8) is 0 Å². The van der Waals surface area contributed by atoms with Gasteiger partial charge in [-0.1, -0.05) is 30.3 Å². The first kappa shape index (κ1) is 18.3. The smallest absolute Gasteiger partial charge is 0.326 e. The summed E-state index contributed by atoms with van der Waals surface area (Å²) in [6.45, 7) is 1.81. The van der Waals surface area contributed by atoms with Crippen LogP contribution in [-0.4, -0.2) is 37.2 Å². The molecule has 0 aliphatic heterocycles. The fraction of sp³-hybridized carbons (Fsp3) is 0.263. The maximum absolute atomic E-state index is 12.5. The molecule has 0 spiro atoms. The van der Waals surface area contributed by atoms with Crippen LogP contribution in [0.15, 0.2) is 42.5 Å². The van der Waals surface area contributed by atoms with Gasteiger partial charge in [-0.2, -0.15) is 0 Å². The number of carboxylic acid groups (broad SMARTS) is 1. The van der Waals surface area contributed by atoms with Crippen molar-refractivity contribution >= 4 is 11.9 Å². The summed E-state index contributed by atoms with van der Waals surface area (Å²) in [7, 11) is 3.00. The van der Waals surface area contributed by atoms with E-state index in [-0.39, 0.29) is 12.0 Å². The predicted octanol–water partition coefficient (Wildman–Crippen LogP) is 2.44. The first-order chi connectivity index (χ1) is 12.0. The van der Waals surface area contributed by atoms with Gasteiger partial charge in [0.05, 0.1) is 14.2 Å². The lowest BCUT2D eigenvalue weighted by Crippen LogP contribution is -2.42. The molecule has 2 aromatic carbocycles. The van der Waals surface area contributed by atoms with E-state index in [0.717, 1.165) is 11.1 Å². The molecule has 0 saturated carbocycles. The second-order valence-corrected chi connectivity index (χ2v) is 5.56. The van der Waals surface area contributed by atoms with Crippen LogP contribution in [0.1, 0.15) is 21.5 Å². The Morgan fingerprint density at radius 1 is 1.08 bits per heavy atom. The summed E-state index contributed by atoms with van der Waals surface area (Å²) in [6.07, 6.45) is 0.196. The molecule has 1 amide bonds. The number of aliphatic carboxylic acids is 1. The van der Waals surface area contributed by atoms with E-state index < -0.39 is 17.9 Å². The summed E-state index contributed by atoms with van der Waals surface area (Å²) in [5.41, 5.74) is 1.87. The number of hydrogen-bond donors (Lipinski definition) is 2. The fourth-order valence-electron chi connectivity index (χ4n) is 2.51. The van der Waals surface area contributed by atoms with Gasteiger partial charge in [-0.25, -0.2) is 4.79 Å². The Bertz CT molecular complexity index is 733. The number of methoxy groups -OCH3 is 2. The van der Waals surface area contributed by atoms with Crippen molar-refractivity contribution in [1.29, 1.82) is 0 Å². The van der Waals surface area contributed by atoms with Crippen LogP contribution in [-0.2, 0) is 11.2 Å². The predicted molar refractivity (Wildman–Crippen MR) is 93.3 cm³/mol. The van der Waals surface area contributed by atoms with Crippen molar-refractivity contribution in [1.82, 2.24) is 5.32 Å². The molecular formula is C19H21NO5. The van der Waals surface area contributed by atoms with Crippen molar-refractivity contribution in [2.45, 2.75) is 19.4 Å². The molecule has 0 radical (unpaired) electrons. The van der Waals surface area contributed by atoms with Gasteiger partial charge in [0.15, 0.2) is 0 Å². The van der Waals surface area contributed by atoms with E-state index in [0.29, 0.717) is 11.5 Å². The van der Waals surface area contributed by atoms with Crippen LogP contribution >= 0.6 is 0 Å². The van der Waals surface area contributed by atoms with Gasteiger partial charge in [-0.3, -0.25) is 4.79 Å². The third-order valence-corrected chi connectivity index (χ3v) is 3.90. The Kier molecular flexibility index (Phi) is 6.00. The normalized spacial score (nSPS) is 11.5. The molecule has 0 fully saturated rings. The van der Waals surface area contributed by atoms with Crippen molar-refractivity contribution in [2.75, 3.05) is 14.2 Å². The first-order valence-corrected chi connectivity index (χ1v) is 7.76. The highest BCUT2D eigenvalue weighted by atomic mass is 16.5. The van der Waals surface area contributed by atoms with Gasteiger partial charge >= 0.3 is 5.97 Å². The van der Waals surface area contributed by atoms with E-state index in [1.807, 2.05) is 37.3 Å². The van der Waals surface area contributed by atoms with E-state index in [4.69, 9.17) is 9.47 Å². The van der Waals surface area contributed by atoms with Crippen LogP contribution in [0.2, 0.25) is 0 Å². The number of hydrogen-bond acceptors (Lipinski definition) is 4. The van der Waals surface area contributed by atoms with Crippen LogP contribution in [0.5, 0.6) is 11.5 Å². The molecule has 2 aromatic rings. The Balaban J connectivity index is 2.22. The van der Waals surface area contributed by atoms with E-state index >= 15 is 0 Å². The Hall–Kier alpha value is -3.02. The summed E-state index contributed by atoms with van der Waals surface area (Å²) in [4.78, 5) is 24.0. The Morgan fingerprint density at radius 2 is 1.64 bits per heavy atom. The molecule has 6 nitrogen and oxygen atoms in total. The van der Waals surface area contributed by atoms with Crippen molar-refractivity contribution in [2.24, 2.45) is 0 Å². The largest absolute Gasteiger partial charge is 0.496 e. The molecule has 0 aliphatic rings. The minimum Gasteiger partial charge on any atom is -0.496 e. The van der Waals surface area contributed by atoms with Crippen LogP contribution < -0.4 is 14.8 Å². The lowest BCUT2D eigenvalue weighted by molar-refractivity contribution is -0.139. The van der Waals surface area contributed by atoms with Gasteiger partial charge in [-0.15, -0.1) is 0 Å².